The summed E-state index contributed by atoms with van der Waals surface area (Å²) in [6, 6.07) is 11.5. The van der Waals surface area contributed by atoms with Gasteiger partial charge in [0, 0.05) is 28.6 Å². The molecule has 0 spiro atoms. The Morgan fingerprint density at radius 3 is 2.62 bits per heavy atom. The Kier molecular flexibility index (Phi) is 5.43. The van der Waals surface area contributed by atoms with E-state index in [0.29, 0.717) is 10.0 Å². The van der Waals surface area contributed by atoms with Crippen molar-refractivity contribution in [3.8, 4) is 11.4 Å². The average Bonchev–Trinajstić information content (AvgIpc) is 2.98. The largest absolute Gasteiger partial charge is 0.299 e. The molecular formula is C17H16Cl2N4S. The van der Waals surface area contributed by atoms with E-state index in [2.05, 4.69) is 33.6 Å². The highest BCUT2D eigenvalue weighted by molar-refractivity contribution is 7.98. The Morgan fingerprint density at radius 1 is 1.12 bits per heavy atom. The fourth-order valence-corrected chi connectivity index (χ4v) is 3.79. The standard InChI is InChI=1S/C17H16Cl2N4S/c1-11(2)23-16(14-7-6-12(18)9-15(14)19)21-22-17(23)24-10-13-5-3-4-8-20-13/h3-9,11H,10H2,1-2H3. The zero-order chi connectivity index (χ0) is 17.1. The van der Waals surface area contributed by atoms with Gasteiger partial charge in [-0.25, -0.2) is 0 Å². The fraction of sp³-hybridized carbons (Fsp3) is 0.235. The van der Waals surface area contributed by atoms with Gasteiger partial charge in [-0.2, -0.15) is 0 Å². The number of pyridine rings is 1. The van der Waals surface area contributed by atoms with Crippen LogP contribution < -0.4 is 0 Å². The molecule has 0 atom stereocenters. The average molecular weight is 379 g/mol. The molecule has 3 aromatic rings. The van der Waals surface area contributed by atoms with Crippen LogP contribution in [0.15, 0.2) is 47.8 Å². The van der Waals surface area contributed by atoms with Crippen molar-refractivity contribution in [3.05, 3.63) is 58.3 Å². The number of thioether (sulfide) groups is 1. The second kappa shape index (κ2) is 7.55. The lowest BCUT2D eigenvalue weighted by atomic mass is 10.2. The third-order valence-corrected chi connectivity index (χ3v) is 4.95. The summed E-state index contributed by atoms with van der Waals surface area (Å²) < 4.78 is 2.09. The van der Waals surface area contributed by atoms with E-state index >= 15 is 0 Å². The molecule has 4 nitrogen and oxygen atoms in total. The van der Waals surface area contributed by atoms with Crippen molar-refractivity contribution in [1.82, 2.24) is 19.7 Å². The predicted octanol–water partition coefficient (Wildman–Crippen LogP) is 5.52. The van der Waals surface area contributed by atoms with Crippen molar-refractivity contribution < 1.29 is 0 Å². The summed E-state index contributed by atoms with van der Waals surface area (Å²) in [4.78, 5) is 4.34. The van der Waals surface area contributed by atoms with Crippen LogP contribution in [-0.4, -0.2) is 19.7 Å². The minimum atomic E-state index is 0.202. The maximum absolute atomic E-state index is 6.34. The molecule has 0 bridgehead atoms. The smallest absolute Gasteiger partial charge is 0.192 e. The van der Waals surface area contributed by atoms with Crippen molar-refractivity contribution >= 4 is 35.0 Å². The Balaban J connectivity index is 1.93. The number of benzene rings is 1. The Labute approximate surface area is 155 Å². The van der Waals surface area contributed by atoms with Crippen LogP contribution in [0.4, 0.5) is 0 Å². The summed E-state index contributed by atoms with van der Waals surface area (Å²) in [6.45, 7) is 4.20. The highest BCUT2D eigenvalue weighted by Crippen LogP contribution is 2.33. The SMILES string of the molecule is CC(C)n1c(SCc2ccccn2)nnc1-c1ccc(Cl)cc1Cl. The molecular weight excluding hydrogens is 363 g/mol. The van der Waals surface area contributed by atoms with Crippen LogP contribution >= 0.6 is 35.0 Å². The second-order valence-corrected chi connectivity index (χ2v) is 7.29. The molecule has 0 N–H and O–H groups in total. The van der Waals surface area contributed by atoms with Crippen molar-refractivity contribution in [2.24, 2.45) is 0 Å². The molecule has 3 rings (SSSR count). The zero-order valence-corrected chi connectivity index (χ0v) is 15.6. The molecule has 2 heterocycles. The summed E-state index contributed by atoms with van der Waals surface area (Å²) in [7, 11) is 0. The lowest BCUT2D eigenvalue weighted by Crippen LogP contribution is -2.05. The van der Waals surface area contributed by atoms with Gasteiger partial charge in [0.25, 0.3) is 0 Å². The quantitative estimate of drug-likeness (QED) is 0.548. The second-order valence-electron chi connectivity index (χ2n) is 5.50. The number of nitrogens with zero attached hydrogens (tertiary/aromatic N) is 4. The lowest BCUT2D eigenvalue weighted by Gasteiger charge is -2.14. The van der Waals surface area contributed by atoms with Gasteiger partial charge >= 0.3 is 0 Å². The highest BCUT2D eigenvalue weighted by atomic mass is 35.5. The first kappa shape index (κ1) is 17.3. The van der Waals surface area contributed by atoms with Crippen LogP contribution in [0.3, 0.4) is 0 Å². The first-order valence-corrected chi connectivity index (χ1v) is 9.23. The Bertz CT molecular complexity index is 834. The van der Waals surface area contributed by atoms with Crippen LogP contribution in [0, 0.1) is 0 Å². The van der Waals surface area contributed by atoms with Gasteiger partial charge in [0.2, 0.25) is 0 Å². The summed E-state index contributed by atoms with van der Waals surface area (Å²) in [6.07, 6.45) is 1.79. The third kappa shape index (κ3) is 3.74. The van der Waals surface area contributed by atoms with Gasteiger partial charge < -0.3 is 0 Å². The molecule has 7 heteroatoms. The van der Waals surface area contributed by atoms with E-state index in [1.807, 2.05) is 30.3 Å². The molecule has 0 amide bonds. The van der Waals surface area contributed by atoms with Gasteiger partial charge in [0.15, 0.2) is 11.0 Å². The van der Waals surface area contributed by atoms with Crippen LogP contribution in [0.1, 0.15) is 25.6 Å². The van der Waals surface area contributed by atoms with E-state index < -0.39 is 0 Å². The first-order chi connectivity index (χ1) is 11.6. The van der Waals surface area contributed by atoms with Gasteiger partial charge in [-0.05, 0) is 44.2 Å². The number of hydrogen-bond donors (Lipinski definition) is 0. The molecule has 2 aromatic heterocycles. The summed E-state index contributed by atoms with van der Waals surface area (Å²) in [5, 5.41) is 10.7. The summed E-state index contributed by atoms with van der Waals surface area (Å²) >= 11 is 13.9. The summed E-state index contributed by atoms with van der Waals surface area (Å²) in [5.41, 5.74) is 1.83. The predicted molar refractivity (Wildman–Crippen MR) is 99.7 cm³/mol. The third-order valence-electron chi connectivity index (χ3n) is 3.43. The molecule has 0 saturated carbocycles. The molecule has 0 aliphatic carbocycles. The minimum absolute atomic E-state index is 0.202. The van der Waals surface area contributed by atoms with E-state index in [0.717, 1.165) is 28.0 Å². The highest BCUT2D eigenvalue weighted by Gasteiger charge is 2.19. The van der Waals surface area contributed by atoms with E-state index in [4.69, 9.17) is 23.2 Å². The lowest BCUT2D eigenvalue weighted by molar-refractivity contribution is 0.555. The maximum Gasteiger partial charge on any atom is 0.192 e. The van der Waals surface area contributed by atoms with Gasteiger partial charge in [-0.1, -0.05) is 41.0 Å². The molecule has 0 aliphatic rings. The number of halogens is 2. The Morgan fingerprint density at radius 2 is 1.96 bits per heavy atom. The van der Waals surface area contributed by atoms with Crippen molar-refractivity contribution in [1.29, 1.82) is 0 Å². The number of aromatic nitrogens is 4. The Hall–Kier alpha value is -1.56. The first-order valence-electron chi connectivity index (χ1n) is 7.49. The fourth-order valence-electron chi connectivity index (χ4n) is 2.32. The van der Waals surface area contributed by atoms with E-state index in [-0.39, 0.29) is 6.04 Å². The van der Waals surface area contributed by atoms with Crippen LogP contribution in [-0.2, 0) is 5.75 Å². The number of rotatable bonds is 5. The molecule has 0 aliphatic heterocycles. The molecule has 0 saturated heterocycles. The summed E-state index contributed by atoms with van der Waals surface area (Å²) in [5.74, 6) is 1.48. The monoisotopic (exact) mass is 378 g/mol. The van der Waals surface area contributed by atoms with Crippen molar-refractivity contribution in [2.45, 2.75) is 30.8 Å². The van der Waals surface area contributed by atoms with Gasteiger partial charge in [-0.15, -0.1) is 10.2 Å². The molecule has 0 fully saturated rings. The zero-order valence-electron chi connectivity index (χ0n) is 13.3. The molecule has 1 aromatic carbocycles. The maximum atomic E-state index is 6.34. The molecule has 0 unspecified atom stereocenters. The topological polar surface area (TPSA) is 43.6 Å². The van der Waals surface area contributed by atoms with Crippen LogP contribution in [0.2, 0.25) is 10.0 Å². The van der Waals surface area contributed by atoms with Gasteiger partial charge in [-0.3, -0.25) is 9.55 Å². The molecule has 24 heavy (non-hydrogen) atoms. The number of hydrogen-bond acceptors (Lipinski definition) is 4. The van der Waals surface area contributed by atoms with Gasteiger partial charge in [0.05, 0.1) is 10.7 Å². The van der Waals surface area contributed by atoms with Crippen LogP contribution in [0.5, 0.6) is 0 Å². The minimum Gasteiger partial charge on any atom is -0.299 e. The normalized spacial score (nSPS) is 11.2. The van der Waals surface area contributed by atoms with Gasteiger partial charge in [0.1, 0.15) is 0 Å². The van der Waals surface area contributed by atoms with Crippen molar-refractivity contribution in [2.75, 3.05) is 0 Å². The van der Waals surface area contributed by atoms with E-state index in [1.165, 1.54) is 0 Å². The molecule has 124 valence electrons. The van der Waals surface area contributed by atoms with E-state index in [9.17, 15) is 0 Å². The van der Waals surface area contributed by atoms with Crippen LogP contribution in [0.25, 0.3) is 11.4 Å². The van der Waals surface area contributed by atoms with Crippen molar-refractivity contribution in [3.63, 3.8) is 0 Å². The molecule has 0 radical (unpaired) electrons. The van der Waals surface area contributed by atoms with E-state index in [1.54, 1.807) is 24.0 Å².